The van der Waals surface area contributed by atoms with E-state index >= 15 is 0 Å². The molecule has 0 aliphatic carbocycles. The van der Waals surface area contributed by atoms with Gasteiger partial charge in [-0.25, -0.2) is 0 Å². The van der Waals surface area contributed by atoms with E-state index in [1.165, 1.54) is 6.92 Å². The molecule has 0 saturated heterocycles. The molecule has 0 saturated carbocycles. The van der Waals surface area contributed by atoms with Gasteiger partial charge in [0.1, 0.15) is 6.04 Å². The van der Waals surface area contributed by atoms with Gasteiger partial charge in [0.15, 0.2) is 0 Å². The summed E-state index contributed by atoms with van der Waals surface area (Å²) in [5, 5.41) is 5.29. The summed E-state index contributed by atoms with van der Waals surface area (Å²) in [7, 11) is 0. The molecule has 6 heteroatoms. The fraction of sp³-hybridized carbons (Fsp3) is 0.250. The second kappa shape index (κ2) is 8.29. The first-order chi connectivity index (χ1) is 12.3. The largest absolute Gasteiger partial charge is 0.368 e. The normalized spacial score (nSPS) is 11.5. The molecule has 0 radical (unpaired) electrons. The summed E-state index contributed by atoms with van der Waals surface area (Å²) in [5.74, 6) is -1.26. The van der Waals surface area contributed by atoms with Crippen molar-refractivity contribution in [1.29, 1.82) is 0 Å². The van der Waals surface area contributed by atoms with Crippen molar-refractivity contribution < 1.29 is 14.4 Å². The number of nitrogens with one attached hydrogen (secondary N) is 2. The molecule has 0 aliphatic rings. The lowest BCUT2D eigenvalue weighted by molar-refractivity contribution is -0.119. The molecule has 136 valence electrons. The average Bonchev–Trinajstić information content (AvgIpc) is 2.57. The predicted octanol–water partition coefficient (Wildman–Crippen LogP) is 2.09. The maximum atomic E-state index is 12.5. The molecule has 1 atom stereocenters. The van der Waals surface area contributed by atoms with E-state index in [-0.39, 0.29) is 5.91 Å². The van der Waals surface area contributed by atoms with E-state index in [0.29, 0.717) is 17.7 Å². The van der Waals surface area contributed by atoms with Crippen LogP contribution in [0.2, 0.25) is 0 Å². The summed E-state index contributed by atoms with van der Waals surface area (Å²) in [5.41, 5.74) is 9.50. The molecule has 3 amide bonds. The molecular formula is C20H23N3O3. The van der Waals surface area contributed by atoms with Crippen LogP contribution >= 0.6 is 0 Å². The zero-order valence-electron chi connectivity index (χ0n) is 15.1. The van der Waals surface area contributed by atoms with E-state index in [9.17, 15) is 14.4 Å². The maximum Gasteiger partial charge on any atom is 0.252 e. The van der Waals surface area contributed by atoms with Gasteiger partial charge in [-0.05, 0) is 48.7 Å². The Morgan fingerprint density at radius 3 is 2.38 bits per heavy atom. The summed E-state index contributed by atoms with van der Waals surface area (Å²) in [6.45, 7) is 5.39. The third-order valence-corrected chi connectivity index (χ3v) is 4.11. The number of hydrogen-bond donors (Lipinski definition) is 3. The van der Waals surface area contributed by atoms with Crippen molar-refractivity contribution in [3.05, 3.63) is 64.7 Å². The number of rotatable bonds is 6. The molecule has 0 aromatic heterocycles. The van der Waals surface area contributed by atoms with Gasteiger partial charge in [-0.3, -0.25) is 14.4 Å². The summed E-state index contributed by atoms with van der Waals surface area (Å²) in [6.07, 6.45) is 0.313. The molecule has 0 heterocycles. The molecular weight excluding hydrogens is 330 g/mol. The summed E-state index contributed by atoms with van der Waals surface area (Å²) in [4.78, 5) is 35.4. The molecule has 4 N–H and O–H groups in total. The highest BCUT2D eigenvalue weighted by Gasteiger charge is 2.20. The van der Waals surface area contributed by atoms with Crippen molar-refractivity contribution in [2.24, 2.45) is 5.73 Å². The molecule has 0 unspecified atom stereocenters. The number of benzene rings is 2. The quantitative estimate of drug-likeness (QED) is 0.741. The van der Waals surface area contributed by atoms with Gasteiger partial charge >= 0.3 is 0 Å². The minimum absolute atomic E-state index is 0.229. The van der Waals surface area contributed by atoms with E-state index in [2.05, 4.69) is 10.6 Å². The fourth-order valence-electron chi connectivity index (χ4n) is 2.57. The summed E-state index contributed by atoms with van der Waals surface area (Å²) in [6, 6.07) is 11.5. The lowest BCUT2D eigenvalue weighted by Crippen LogP contribution is -2.45. The Kier molecular flexibility index (Phi) is 6.11. The molecule has 0 fully saturated rings. The standard InChI is InChI=1S/C20H23N3O3/c1-12-7-8-15(9-13(12)2)10-18(19(21)25)23-20(26)16-5-4-6-17(11-16)22-14(3)24/h4-9,11,18H,10H2,1-3H3,(H2,21,25)(H,22,24)(H,23,26)/t18-/m1/s1. The van der Waals surface area contributed by atoms with Gasteiger partial charge in [-0.15, -0.1) is 0 Å². The Hall–Kier alpha value is -3.15. The van der Waals surface area contributed by atoms with Gasteiger partial charge in [0, 0.05) is 24.6 Å². The van der Waals surface area contributed by atoms with Crippen LogP contribution in [0.1, 0.15) is 34.0 Å². The zero-order valence-corrected chi connectivity index (χ0v) is 15.1. The van der Waals surface area contributed by atoms with Crippen LogP contribution in [0, 0.1) is 13.8 Å². The van der Waals surface area contributed by atoms with Crippen LogP contribution in [0.25, 0.3) is 0 Å². The third kappa shape index (κ3) is 5.17. The van der Waals surface area contributed by atoms with E-state index in [4.69, 9.17) is 5.73 Å². The van der Waals surface area contributed by atoms with Gasteiger partial charge in [0.05, 0.1) is 0 Å². The van der Waals surface area contributed by atoms with Crippen LogP contribution in [0.15, 0.2) is 42.5 Å². The smallest absolute Gasteiger partial charge is 0.252 e. The van der Waals surface area contributed by atoms with Gasteiger partial charge in [0.2, 0.25) is 11.8 Å². The number of anilines is 1. The van der Waals surface area contributed by atoms with E-state index in [0.717, 1.165) is 16.7 Å². The van der Waals surface area contributed by atoms with Crippen molar-refractivity contribution in [3.63, 3.8) is 0 Å². The summed E-state index contributed by atoms with van der Waals surface area (Å²) >= 11 is 0. The first-order valence-electron chi connectivity index (χ1n) is 8.30. The highest BCUT2D eigenvalue weighted by molar-refractivity contribution is 5.99. The molecule has 2 aromatic carbocycles. The molecule has 0 aliphatic heterocycles. The van der Waals surface area contributed by atoms with Crippen LogP contribution in [0.5, 0.6) is 0 Å². The van der Waals surface area contributed by atoms with Crippen LogP contribution in [-0.2, 0) is 16.0 Å². The van der Waals surface area contributed by atoms with Gasteiger partial charge < -0.3 is 16.4 Å². The number of aryl methyl sites for hydroxylation is 2. The molecule has 26 heavy (non-hydrogen) atoms. The van der Waals surface area contributed by atoms with Crippen molar-refractivity contribution in [1.82, 2.24) is 5.32 Å². The van der Waals surface area contributed by atoms with Crippen molar-refractivity contribution in [3.8, 4) is 0 Å². The van der Waals surface area contributed by atoms with Crippen LogP contribution < -0.4 is 16.4 Å². The average molecular weight is 353 g/mol. The second-order valence-electron chi connectivity index (χ2n) is 6.31. The predicted molar refractivity (Wildman–Crippen MR) is 101 cm³/mol. The number of amides is 3. The number of carbonyl (C=O) groups excluding carboxylic acids is 3. The lowest BCUT2D eigenvalue weighted by atomic mass is 10.0. The first-order valence-corrected chi connectivity index (χ1v) is 8.30. The fourth-order valence-corrected chi connectivity index (χ4v) is 2.57. The van der Waals surface area contributed by atoms with E-state index in [1.807, 2.05) is 32.0 Å². The second-order valence-corrected chi connectivity index (χ2v) is 6.31. The van der Waals surface area contributed by atoms with Crippen LogP contribution in [0.3, 0.4) is 0 Å². The SMILES string of the molecule is CC(=O)Nc1cccc(C(=O)N[C@H](Cc2ccc(C)c(C)c2)C(N)=O)c1. The molecule has 0 bridgehead atoms. The highest BCUT2D eigenvalue weighted by Crippen LogP contribution is 2.13. The van der Waals surface area contributed by atoms with Crippen molar-refractivity contribution in [2.75, 3.05) is 5.32 Å². The van der Waals surface area contributed by atoms with E-state index < -0.39 is 17.9 Å². The Bertz CT molecular complexity index is 846. The molecule has 0 spiro atoms. The Morgan fingerprint density at radius 1 is 1.04 bits per heavy atom. The lowest BCUT2D eigenvalue weighted by Gasteiger charge is -2.16. The molecule has 6 nitrogen and oxygen atoms in total. The van der Waals surface area contributed by atoms with Gasteiger partial charge in [-0.2, -0.15) is 0 Å². The third-order valence-electron chi connectivity index (χ3n) is 4.11. The monoisotopic (exact) mass is 353 g/mol. The first kappa shape index (κ1) is 19.2. The zero-order chi connectivity index (χ0) is 19.3. The van der Waals surface area contributed by atoms with Gasteiger partial charge in [0.25, 0.3) is 5.91 Å². The maximum absolute atomic E-state index is 12.5. The molecule has 2 aromatic rings. The number of hydrogen-bond acceptors (Lipinski definition) is 3. The number of carbonyl (C=O) groups is 3. The van der Waals surface area contributed by atoms with Crippen molar-refractivity contribution >= 4 is 23.4 Å². The van der Waals surface area contributed by atoms with Gasteiger partial charge in [-0.1, -0.05) is 24.3 Å². The minimum atomic E-state index is -0.825. The number of nitrogens with two attached hydrogens (primary N) is 1. The Labute approximate surface area is 152 Å². The Balaban J connectivity index is 2.14. The van der Waals surface area contributed by atoms with E-state index in [1.54, 1.807) is 24.3 Å². The Morgan fingerprint density at radius 2 is 1.77 bits per heavy atom. The molecule has 2 rings (SSSR count). The van der Waals surface area contributed by atoms with Crippen molar-refractivity contribution in [2.45, 2.75) is 33.2 Å². The van der Waals surface area contributed by atoms with Crippen LogP contribution in [-0.4, -0.2) is 23.8 Å². The van der Waals surface area contributed by atoms with Crippen LogP contribution in [0.4, 0.5) is 5.69 Å². The minimum Gasteiger partial charge on any atom is -0.368 e. The number of primary amides is 1. The summed E-state index contributed by atoms with van der Waals surface area (Å²) < 4.78 is 0. The topological polar surface area (TPSA) is 101 Å². The highest BCUT2D eigenvalue weighted by atomic mass is 16.2.